The molecule has 0 saturated carbocycles. The number of carbonyl (C=O) groups is 1. The van der Waals surface area contributed by atoms with Crippen LogP contribution in [0.15, 0.2) is 54.9 Å². The maximum atomic E-state index is 12.2. The molecule has 2 N–H and O–H groups in total. The molecular formula is C25H27ClN4O3S. The highest BCUT2D eigenvalue weighted by molar-refractivity contribution is 7.16. The predicted molar refractivity (Wildman–Crippen MR) is 137 cm³/mol. The van der Waals surface area contributed by atoms with Gasteiger partial charge in [0.25, 0.3) is 5.91 Å². The Hall–Kier alpha value is -3.07. The molecule has 0 aliphatic rings. The fourth-order valence-corrected chi connectivity index (χ4v) is 4.84. The van der Waals surface area contributed by atoms with Crippen LogP contribution in [0.25, 0.3) is 16.0 Å². The molecule has 0 aliphatic carbocycles. The average molecular weight is 499 g/mol. The molecule has 0 aliphatic heterocycles. The topological polar surface area (TPSA) is 82.6 Å². The average Bonchev–Trinajstić information content (AvgIpc) is 3.40. The smallest absolute Gasteiger partial charge is 0.262 e. The van der Waals surface area contributed by atoms with Gasteiger partial charge in [-0.05, 0) is 45.6 Å². The van der Waals surface area contributed by atoms with Crippen molar-refractivity contribution >= 4 is 39.9 Å². The van der Waals surface area contributed by atoms with Gasteiger partial charge in [-0.1, -0.05) is 29.8 Å². The van der Waals surface area contributed by atoms with Crippen molar-refractivity contribution in [1.29, 1.82) is 0 Å². The Morgan fingerprint density at radius 3 is 2.76 bits per heavy atom. The number of primary amides is 1. The van der Waals surface area contributed by atoms with Gasteiger partial charge in [-0.25, -0.2) is 4.98 Å². The number of benzene rings is 2. The van der Waals surface area contributed by atoms with Crippen LogP contribution in [0.1, 0.15) is 34.7 Å². The second-order valence-electron chi connectivity index (χ2n) is 8.19. The zero-order valence-electron chi connectivity index (χ0n) is 19.3. The lowest BCUT2D eigenvalue weighted by molar-refractivity contribution is 0.0998. The highest BCUT2D eigenvalue weighted by Gasteiger charge is 2.21. The summed E-state index contributed by atoms with van der Waals surface area (Å²) in [5, 5.41) is 1.37. The first kappa shape index (κ1) is 24.1. The normalized spacial score (nSPS) is 12.3. The summed E-state index contributed by atoms with van der Waals surface area (Å²) in [7, 11) is 4.08. The number of aromatic nitrogens is 2. The number of nitrogens with zero attached hydrogens (tertiary/aromatic N) is 3. The molecule has 0 bridgehead atoms. The number of hydrogen-bond donors (Lipinski definition) is 1. The Morgan fingerprint density at radius 2 is 2.03 bits per heavy atom. The van der Waals surface area contributed by atoms with E-state index in [1.54, 1.807) is 6.33 Å². The number of rotatable bonds is 10. The van der Waals surface area contributed by atoms with Crippen LogP contribution in [-0.4, -0.2) is 47.6 Å². The number of halogens is 1. The molecule has 2 heterocycles. The van der Waals surface area contributed by atoms with E-state index in [1.165, 1.54) is 11.3 Å². The molecule has 2 aromatic carbocycles. The van der Waals surface area contributed by atoms with Crippen LogP contribution in [0, 0.1) is 0 Å². The first-order valence-corrected chi connectivity index (χ1v) is 12.1. The van der Waals surface area contributed by atoms with E-state index in [1.807, 2.05) is 74.1 Å². The molecule has 0 saturated heterocycles. The minimum atomic E-state index is -0.549. The SMILES string of the molecule is C[C@H](Oc1cc(-n2cnc3ccc(OCCCN(C)C)cc32)sc1C(N)=O)c1ccccc1Cl. The number of hydrogen-bond acceptors (Lipinski definition) is 6. The number of thiophene rings is 1. The summed E-state index contributed by atoms with van der Waals surface area (Å²) in [6, 6.07) is 15.1. The van der Waals surface area contributed by atoms with Gasteiger partial charge in [-0.2, -0.15) is 0 Å². The number of carbonyl (C=O) groups excluding carboxylic acids is 1. The van der Waals surface area contributed by atoms with Crippen molar-refractivity contribution in [2.24, 2.45) is 5.73 Å². The molecule has 1 amide bonds. The standard InChI is InChI=1S/C25H27ClN4O3S/c1-16(18-7-4-5-8-19(18)26)33-22-14-23(34-24(22)25(27)31)30-15-28-20-10-9-17(13-21(20)30)32-12-6-11-29(2)3/h4-5,7-10,13-16H,6,11-12H2,1-3H3,(H2,27,31)/t16-/m0/s1. The highest BCUT2D eigenvalue weighted by Crippen LogP contribution is 2.37. The van der Waals surface area contributed by atoms with Crippen molar-refractivity contribution in [2.45, 2.75) is 19.4 Å². The van der Waals surface area contributed by atoms with E-state index in [4.69, 9.17) is 26.8 Å². The van der Waals surface area contributed by atoms with Gasteiger partial charge < -0.3 is 20.1 Å². The molecule has 9 heteroatoms. The highest BCUT2D eigenvalue weighted by atomic mass is 35.5. The number of ether oxygens (including phenoxy) is 2. The molecule has 0 spiro atoms. The van der Waals surface area contributed by atoms with Crippen molar-refractivity contribution in [3.8, 4) is 16.5 Å². The Kier molecular flexibility index (Phi) is 7.41. The van der Waals surface area contributed by atoms with Gasteiger partial charge in [0.15, 0.2) is 0 Å². The first-order valence-electron chi connectivity index (χ1n) is 10.9. The Morgan fingerprint density at radius 1 is 1.24 bits per heavy atom. The van der Waals surface area contributed by atoms with Gasteiger partial charge in [0.2, 0.25) is 0 Å². The third kappa shape index (κ3) is 5.35. The van der Waals surface area contributed by atoms with E-state index >= 15 is 0 Å². The van der Waals surface area contributed by atoms with Crippen molar-refractivity contribution in [3.05, 3.63) is 70.3 Å². The second kappa shape index (κ2) is 10.5. The van der Waals surface area contributed by atoms with Crippen LogP contribution >= 0.6 is 22.9 Å². The van der Waals surface area contributed by atoms with E-state index in [9.17, 15) is 4.79 Å². The largest absolute Gasteiger partial charge is 0.493 e. The van der Waals surface area contributed by atoms with E-state index < -0.39 is 5.91 Å². The third-order valence-corrected chi connectivity index (χ3v) is 6.80. The van der Waals surface area contributed by atoms with Crippen LogP contribution < -0.4 is 15.2 Å². The van der Waals surface area contributed by atoms with E-state index in [0.717, 1.165) is 40.3 Å². The summed E-state index contributed by atoms with van der Waals surface area (Å²) in [6.45, 7) is 3.47. The number of nitrogens with two attached hydrogens (primary N) is 1. The van der Waals surface area contributed by atoms with Crippen molar-refractivity contribution in [2.75, 3.05) is 27.2 Å². The lowest BCUT2D eigenvalue weighted by Crippen LogP contribution is -2.15. The lowest BCUT2D eigenvalue weighted by atomic mass is 10.1. The van der Waals surface area contributed by atoms with E-state index in [-0.39, 0.29) is 6.10 Å². The van der Waals surface area contributed by atoms with Crippen LogP contribution in [0.2, 0.25) is 5.02 Å². The Balaban J connectivity index is 1.61. The fraction of sp³-hybridized carbons (Fsp3) is 0.280. The van der Waals surface area contributed by atoms with Crippen molar-refractivity contribution in [1.82, 2.24) is 14.5 Å². The molecule has 178 valence electrons. The monoisotopic (exact) mass is 498 g/mol. The number of fused-ring (bicyclic) bond motifs is 1. The molecule has 7 nitrogen and oxygen atoms in total. The second-order valence-corrected chi connectivity index (χ2v) is 9.63. The van der Waals surface area contributed by atoms with Crippen LogP contribution in [0.5, 0.6) is 11.5 Å². The van der Waals surface area contributed by atoms with Crippen LogP contribution in [-0.2, 0) is 0 Å². The maximum Gasteiger partial charge on any atom is 0.262 e. The summed E-state index contributed by atoms with van der Waals surface area (Å²) in [5.74, 6) is 0.633. The summed E-state index contributed by atoms with van der Waals surface area (Å²) in [4.78, 5) is 19.1. The lowest BCUT2D eigenvalue weighted by Gasteiger charge is -2.16. The van der Waals surface area contributed by atoms with Gasteiger partial charge in [0, 0.05) is 29.3 Å². The maximum absolute atomic E-state index is 12.2. The van der Waals surface area contributed by atoms with E-state index in [2.05, 4.69) is 9.88 Å². The molecule has 1 atom stereocenters. The predicted octanol–water partition coefficient (Wildman–Crippen LogP) is 5.31. The minimum absolute atomic E-state index is 0.340. The summed E-state index contributed by atoms with van der Waals surface area (Å²) < 4.78 is 14.0. The quantitative estimate of drug-likeness (QED) is 0.299. The van der Waals surface area contributed by atoms with Crippen molar-refractivity contribution < 1.29 is 14.3 Å². The number of imidazole rings is 1. The molecule has 0 fully saturated rings. The Labute approximate surface area is 207 Å². The Bertz CT molecular complexity index is 1300. The molecule has 4 rings (SSSR count). The summed E-state index contributed by atoms with van der Waals surface area (Å²) in [5.41, 5.74) is 8.19. The van der Waals surface area contributed by atoms with E-state index in [0.29, 0.717) is 22.3 Å². The fourth-order valence-electron chi connectivity index (χ4n) is 3.62. The number of amides is 1. The first-order chi connectivity index (χ1) is 16.3. The van der Waals surface area contributed by atoms with Gasteiger partial charge in [0.05, 0.1) is 17.6 Å². The van der Waals surface area contributed by atoms with Gasteiger partial charge in [-0.3, -0.25) is 9.36 Å². The molecule has 4 aromatic rings. The zero-order chi connectivity index (χ0) is 24.2. The zero-order valence-corrected chi connectivity index (χ0v) is 20.9. The third-order valence-electron chi connectivity index (χ3n) is 5.33. The molecular weight excluding hydrogens is 472 g/mol. The van der Waals surface area contributed by atoms with Crippen LogP contribution in [0.3, 0.4) is 0 Å². The molecule has 0 radical (unpaired) electrons. The van der Waals surface area contributed by atoms with Gasteiger partial charge in [-0.15, -0.1) is 11.3 Å². The summed E-state index contributed by atoms with van der Waals surface area (Å²) >= 11 is 7.58. The van der Waals surface area contributed by atoms with Gasteiger partial charge >= 0.3 is 0 Å². The minimum Gasteiger partial charge on any atom is -0.493 e. The molecule has 0 unspecified atom stereocenters. The van der Waals surface area contributed by atoms with Crippen molar-refractivity contribution in [3.63, 3.8) is 0 Å². The molecule has 34 heavy (non-hydrogen) atoms. The van der Waals surface area contributed by atoms with Gasteiger partial charge in [0.1, 0.15) is 33.8 Å². The van der Waals surface area contributed by atoms with Crippen LogP contribution in [0.4, 0.5) is 0 Å². The molecule has 2 aromatic heterocycles. The summed E-state index contributed by atoms with van der Waals surface area (Å²) in [6.07, 6.45) is 2.29.